The quantitative estimate of drug-likeness (QED) is 0.931. The highest BCUT2D eigenvalue weighted by molar-refractivity contribution is 7.91. The topological polar surface area (TPSA) is 81.1 Å². The van der Waals surface area contributed by atoms with E-state index in [0.717, 1.165) is 11.3 Å². The third kappa shape index (κ3) is 2.89. The number of anilines is 1. The zero-order valence-electron chi connectivity index (χ0n) is 12.2. The van der Waals surface area contributed by atoms with Gasteiger partial charge in [-0.15, -0.1) is 0 Å². The summed E-state index contributed by atoms with van der Waals surface area (Å²) in [4.78, 5) is 12.3. The predicted molar refractivity (Wildman–Crippen MR) is 83.7 cm³/mol. The number of amides is 1. The molecular weight excluding hydrogens is 302 g/mol. The van der Waals surface area contributed by atoms with Crippen molar-refractivity contribution in [2.45, 2.75) is 13.3 Å². The first-order valence-corrected chi connectivity index (χ1v) is 8.90. The minimum atomic E-state index is -3.07. The molecule has 1 N–H and O–H groups in total. The maximum Gasteiger partial charge on any atom is 0.229 e. The van der Waals surface area contributed by atoms with Crippen LogP contribution in [0.25, 0.3) is 5.69 Å². The van der Waals surface area contributed by atoms with Crippen molar-refractivity contribution in [1.82, 2.24) is 9.78 Å². The minimum absolute atomic E-state index is 0.0721. The molecule has 116 valence electrons. The van der Waals surface area contributed by atoms with Gasteiger partial charge in [0.05, 0.1) is 29.3 Å². The van der Waals surface area contributed by atoms with Gasteiger partial charge in [-0.1, -0.05) is 18.2 Å². The van der Waals surface area contributed by atoms with Crippen LogP contribution < -0.4 is 5.32 Å². The number of aryl methyl sites for hydroxylation is 1. The van der Waals surface area contributed by atoms with Gasteiger partial charge in [-0.25, -0.2) is 13.1 Å². The third-order valence-corrected chi connectivity index (χ3v) is 5.61. The van der Waals surface area contributed by atoms with Crippen molar-refractivity contribution in [3.8, 4) is 5.69 Å². The summed E-state index contributed by atoms with van der Waals surface area (Å²) in [5.74, 6) is -0.190. The highest BCUT2D eigenvalue weighted by Crippen LogP contribution is 2.22. The fraction of sp³-hybridized carbons (Fsp3) is 0.333. The molecular formula is C15H17N3O3S. The number of nitrogens with zero attached hydrogens (tertiary/aromatic N) is 2. The fourth-order valence-electron chi connectivity index (χ4n) is 2.62. The standard InChI is InChI=1S/C15H17N3O3S/c1-11-4-2-3-5-13(11)18-14(6-8-16-18)17-15(19)12-7-9-22(20,21)10-12/h2-6,8,12H,7,9-10H2,1H3,(H,17,19). The summed E-state index contributed by atoms with van der Waals surface area (Å²) in [7, 11) is -3.07. The van der Waals surface area contributed by atoms with E-state index in [4.69, 9.17) is 0 Å². The van der Waals surface area contributed by atoms with E-state index in [0.29, 0.717) is 12.2 Å². The van der Waals surface area contributed by atoms with Crippen LogP contribution >= 0.6 is 0 Å². The van der Waals surface area contributed by atoms with E-state index in [1.165, 1.54) is 0 Å². The molecule has 0 bridgehead atoms. The first-order valence-electron chi connectivity index (χ1n) is 7.07. The molecule has 2 heterocycles. The first-order chi connectivity index (χ1) is 10.5. The number of hydrogen-bond donors (Lipinski definition) is 1. The van der Waals surface area contributed by atoms with E-state index in [1.54, 1.807) is 16.9 Å². The number of hydrogen-bond acceptors (Lipinski definition) is 4. The molecule has 1 unspecified atom stereocenters. The first kappa shape index (κ1) is 14.8. The number of sulfone groups is 1. The van der Waals surface area contributed by atoms with Crippen molar-refractivity contribution in [2.75, 3.05) is 16.8 Å². The van der Waals surface area contributed by atoms with E-state index < -0.39 is 15.8 Å². The molecule has 0 saturated carbocycles. The molecule has 2 aromatic rings. The van der Waals surface area contributed by atoms with Gasteiger partial charge >= 0.3 is 0 Å². The Labute approximate surface area is 129 Å². The molecule has 22 heavy (non-hydrogen) atoms. The van der Waals surface area contributed by atoms with Crippen LogP contribution in [0, 0.1) is 12.8 Å². The zero-order valence-corrected chi connectivity index (χ0v) is 13.0. The molecule has 7 heteroatoms. The molecule has 1 fully saturated rings. The number of nitrogens with one attached hydrogen (secondary N) is 1. The Kier molecular flexibility index (Phi) is 3.74. The van der Waals surface area contributed by atoms with Crippen LogP contribution in [0.5, 0.6) is 0 Å². The average Bonchev–Trinajstić information content (AvgIpc) is 3.06. The molecule has 1 amide bonds. The molecule has 1 aliphatic rings. The van der Waals surface area contributed by atoms with E-state index in [-0.39, 0.29) is 17.4 Å². The largest absolute Gasteiger partial charge is 0.310 e. The molecule has 0 radical (unpaired) electrons. The lowest BCUT2D eigenvalue weighted by Gasteiger charge is -2.13. The fourth-order valence-corrected chi connectivity index (χ4v) is 4.36. The molecule has 0 aliphatic carbocycles. The monoisotopic (exact) mass is 319 g/mol. The summed E-state index contributed by atoms with van der Waals surface area (Å²) >= 11 is 0. The summed E-state index contributed by atoms with van der Waals surface area (Å²) in [6.07, 6.45) is 1.99. The summed E-state index contributed by atoms with van der Waals surface area (Å²) in [5.41, 5.74) is 1.91. The van der Waals surface area contributed by atoms with Crippen LogP contribution in [0.4, 0.5) is 5.82 Å². The van der Waals surface area contributed by atoms with Crippen LogP contribution in [-0.2, 0) is 14.6 Å². The van der Waals surface area contributed by atoms with Gasteiger partial charge in [0.2, 0.25) is 5.91 Å². The molecule has 6 nitrogen and oxygen atoms in total. The van der Waals surface area contributed by atoms with Crippen molar-refractivity contribution in [1.29, 1.82) is 0 Å². The number of benzene rings is 1. The Morgan fingerprint density at radius 3 is 2.77 bits per heavy atom. The van der Waals surface area contributed by atoms with E-state index >= 15 is 0 Å². The minimum Gasteiger partial charge on any atom is -0.310 e. The lowest BCUT2D eigenvalue weighted by Crippen LogP contribution is -2.25. The maximum atomic E-state index is 12.3. The van der Waals surface area contributed by atoms with Crippen molar-refractivity contribution < 1.29 is 13.2 Å². The van der Waals surface area contributed by atoms with Crippen LogP contribution in [0.2, 0.25) is 0 Å². The van der Waals surface area contributed by atoms with Crippen molar-refractivity contribution in [2.24, 2.45) is 5.92 Å². The van der Waals surface area contributed by atoms with Crippen LogP contribution in [-0.4, -0.2) is 35.6 Å². The molecule has 1 aromatic heterocycles. The molecule has 1 aliphatic heterocycles. The molecule has 1 saturated heterocycles. The molecule has 0 spiro atoms. The van der Waals surface area contributed by atoms with Gasteiger partial charge in [-0.3, -0.25) is 4.79 Å². The van der Waals surface area contributed by atoms with Gasteiger partial charge in [-0.05, 0) is 25.0 Å². The van der Waals surface area contributed by atoms with Gasteiger partial charge in [0.15, 0.2) is 9.84 Å². The number of rotatable bonds is 3. The highest BCUT2D eigenvalue weighted by Gasteiger charge is 2.33. The molecule has 3 rings (SSSR count). The second kappa shape index (κ2) is 5.57. The predicted octanol–water partition coefficient (Wildman–Crippen LogP) is 1.55. The number of aromatic nitrogens is 2. The number of carbonyl (C=O) groups is 1. The second-order valence-corrected chi connectivity index (χ2v) is 7.73. The van der Waals surface area contributed by atoms with Gasteiger partial charge in [0.1, 0.15) is 5.82 Å². The highest BCUT2D eigenvalue weighted by atomic mass is 32.2. The van der Waals surface area contributed by atoms with Crippen LogP contribution in [0.1, 0.15) is 12.0 Å². The zero-order chi connectivity index (χ0) is 15.7. The number of carbonyl (C=O) groups excluding carboxylic acids is 1. The lowest BCUT2D eigenvalue weighted by atomic mass is 10.1. The lowest BCUT2D eigenvalue weighted by molar-refractivity contribution is -0.119. The summed E-state index contributed by atoms with van der Waals surface area (Å²) < 4.78 is 24.6. The van der Waals surface area contributed by atoms with Crippen molar-refractivity contribution in [3.63, 3.8) is 0 Å². The van der Waals surface area contributed by atoms with Gasteiger partial charge in [0, 0.05) is 6.07 Å². The number of para-hydroxylation sites is 1. The Hall–Kier alpha value is -2.15. The third-order valence-electron chi connectivity index (χ3n) is 3.84. The Bertz CT molecular complexity index is 811. The van der Waals surface area contributed by atoms with Crippen molar-refractivity contribution >= 4 is 21.6 Å². The smallest absolute Gasteiger partial charge is 0.229 e. The summed E-state index contributed by atoms with van der Waals surface area (Å²) in [6, 6.07) is 9.42. The Morgan fingerprint density at radius 2 is 2.09 bits per heavy atom. The summed E-state index contributed by atoms with van der Waals surface area (Å²) in [5, 5.41) is 7.03. The van der Waals surface area contributed by atoms with Crippen LogP contribution in [0.15, 0.2) is 36.5 Å². The van der Waals surface area contributed by atoms with Crippen molar-refractivity contribution in [3.05, 3.63) is 42.1 Å². The molecule has 1 atom stereocenters. The van der Waals surface area contributed by atoms with E-state index in [1.807, 2.05) is 31.2 Å². The van der Waals surface area contributed by atoms with Gasteiger partial charge in [0.25, 0.3) is 0 Å². The molecule has 1 aromatic carbocycles. The summed E-state index contributed by atoms with van der Waals surface area (Å²) in [6.45, 7) is 1.96. The van der Waals surface area contributed by atoms with Crippen LogP contribution in [0.3, 0.4) is 0 Å². The van der Waals surface area contributed by atoms with E-state index in [2.05, 4.69) is 10.4 Å². The van der Waals surface area contributed by atoms with E-state index in [9.17, 15) is 13.2 Å². The second-order valence-electron chi connectivity index (χ2n) is 5.50. The average molecular weight is 319 g/mol. The SMILES string of the molecule is Cc1ccccc1-n1nccc1NC(=O)C1CCS(=O)(=O)C1. The van der Waals surface area contributed by atoms with Gasteiger partial charge < -0.3 is 5.32 Å². The normalized spacial score (nSPS) is 20.0. The Balaban J connectivity index is 1.82. The Morgan fingerprint density at radius 1 is 1.32 bits per heavy atom. The van der Waals surface area contributed by atoms with Gasteiger partial charge in [-0.2, -0.15) is 5.10 Å². The maximum absolute atomic E-state index is 12.3.